The molecule has 1 aromatic heterocycles. The Hall–Kier alpha value is -2.76. The van der Waals surface area contributed by atoms with Crippen molar-refractivity contribution in [3.8, 4) is 5.69 Å². The normalized spacial score (nSPS) is 12.7. The molecule has 1 atom stereocenters. The molecule has 1 unspecified atom stereocenters. The molecule has 3 rings (SSSR count). The topological polar surface area (TPSA) is 110 Å². The van der Waals surface area contributed by atoms with Crippen LogP contribution >= 0.6 is 11.8 Å². The highest BCUT2D eigenvalue weighted by Crippen LogP contribution is 2.24. The average Bonchev–Trinajstić information content (AvgIpc) is 3.16. The van der Waals surface area contributed by atoms with Crippen LogP contribution < -0.4 is 5.32 Å². The maximum absolute atomic E-state index is 12.6. The third kappa shape index (κ3) is 4.81. The Morgan fingerprint density at radius 1 is 1.14 bits per heavy atom. The summed E-state index contributed by atoms with van der Waals surface area (Å²) in [5, 5.41) is 14.3. The van der Waals surface area contributed by atoms with Crippen LogP contribution in [0.2, 0.25) is 0 Å². The summed E-state index contributed by atoms with van der Waals surface area (Å²) < 4.78 is 27.2. The fraction of sp³-hybridized carbons (Fsp3) is 0.222. The lowest BCUT2D eigenvalue weighted by molar-refractivity contribution is -0.115. The van der Waals surface area contributed by atoms with Gasteiger partial charge in [-0.05, 0) is 47.7 Å². The van der Waals surface area contributed by atoms with Gasteiger partial charge in [0.05, 0.1) is 15.8 Å². The maximum Gasteiger partial charge on any atom is 0.242 e. The highest BCUT2D eigenvalue weighted by atomic mass is 32.2. The minimum Gasteiger partial charge on any atom is -0.325 e. The van der Waals surface area contributed by atoms with Gasteiger partial charge in [-0.3, -0.25) is 4.79 Å². The Kier molecular flexibility index (Phi) is 6.30. The van der Waals surface area contributed by atoms with Gasteiger partial charge in [0.25, 0.3) is 0 Å². The van der Waals surface area contributed by atoms with E-state index in [-0.39, 0.29) is 10.8 Å². The number of para-hydroxylation sites is 1. The lowest BCUT2D eigenvalue weighted by Gasteiger charge is -2.14. The van der Waals surface area contributed by atoms with Gasteiger partial charge >= 0.3 is 0 Å². The highest BCUT2D eigenvalue weighted by molar-refractivity contribution is 8.00. The van der Waals surface area contributed by atoms with E-state index in [1.54, 1.807) is 23.7 Å². The SMILES string of the molecule is CC(Sc1nnnn1-c1ccccc1)C(=O)Nc1cccc(S(=O)(=O)N(C)C)c1. The quantitative estimate of drug-likeness (QED) is 0.569. The van der Waals surface area contributed by atoms with Gasteiger partial charge in [-0.1, -0.05) is 36.0 Å². The van der Waals surface area contributed by atoms with Crippen molar-refractivity contribution in [1.82, 2.24) is 24.5 Å². The minimum absolute atomic E-state index is 0.105. The van der Waals surface area contributed by atoms with Crippen molar-refractivity contribution in [2.45, 2.75) is 22.2 Å². The molecule has 0 spiro atoms. The van der Waals surface area contributed by atoms with E-state index in [2.05, 4.69) is 20.8 Å². The molecule has 152 valence electrons. The summed E-state index contributed by atoms with van der Waals surface area (Å²) in [4.78, 5) is 12.7. The molecule has 0 aliphatic heterocycles. The molecule has 2 aromatic carbocycles. The molecule has 1 heterocycles. The van der Waals surface area contributed by atoms with Crippen LogP contribution in [-0.4, -0.2) is 58.2 Å². The molecule has 0 fully saturated rings. The van der Waals surface area contributed by atoms with Crippen LogP contribution in [0.4, 0.5) is 5.69 Å². The van der Waals surface area contributed by atoms with Gasteiger partial charge in [0.1, 0.15) is 0 Å². The first-order valence-electron chi connectivity index (χ1n) is 8.63. The standard InChI is InChI=1S/C18H20N6O3S2/c1-13(28-18-20-21-22-24(18)15-9-5-4-6-10-15)17(25)19-14-8-7-11-16(12-14)29(26,27)23(2)3/h4-13H,1-3H3,(H,19,25). The van der Waals surface area contributed by atoms with E-state index in [9.17, 15) is 13.2 Å². The van der Waals surface area contributed by atoms with Crippen molar-refractivity contribution in [1.29, 1.82) is 0 Å². The zero-order chi connectivity index (χ0) is 21.0. The fourth-order valence-electron chi connectivity index (χ4n) is 2.38. The third-order valence-corrected chi connectivity index (χ3v) is 6.82. The van der Waals surface area contributed by atoms with Crippen molar-refractivity contribution in [3.63, 3.8) is 0 Å². The van der Waals surface area contributed by atoms with Crippen molar-refractivity contribution >= 4 is 33.4 Å². The van der Waals surface area contributed by atoms with E-state index in [0.717, 1.165) is 9.99 Å². The number of benzene rings is 2. The number of thioether (sulfide) groups is 1. The number of sulfonamides is 1. The Balaban J connectivity index is 1.72. The van der Waals surface area contributed by atoms with Gasteiger partial charge in [0.2, 0.25) is 21.1 Å². The lowest BCUT2D eigenvalue weighted by atomic mass is 10.3. The molecule has 0 bridgehead atoms. The smallest absolute Gasteiger partial charge is 0.242 e. The number of amides is 1. The van der Waals surface area contributed by atoms with Crippen molar-refractivity contribution in [3.05, 3.63) is 54.6 Å². The summed E-state index contributed by atoms with van der Waals surface area (Å²) >= 11 is 1.20. The fourth-order valence-corrected chi connectivity index (χ4v) is 4.14. The number of carbonyl (C=O) groups is 1. The van der Waals surface area contributed by atoms with Crippen LogP contribution in [0, 0.1) is 0 Å². The lowest BCUT2D eigenvalue weighted by Crippen LogP contribution is -2.24. The Bertz CT molecular complexity index is 1100. The first kappa shape index (κ1) is 21.0. The molecule has 1 N–H and O–H groups in total. The zero-order valence-electron chi connectivity index (χ0n) is 16.1. The summed E-state index contributed by atoms with van der Waals surface area (Å²) in [6.07, 6.45) is 0. The molecule has 0 radical (unpaired) electrons. The maximum atomic E-state index is 12.6. The van der Waals surface area contributed by atoms with Gasteiger partial charge in [-0.2, -0.15) is 4.68 Å². The van der Waals surface area contributed by atoms with Gasteiger partial charge < -0.3 is 5.32 Å². The molecule has 9 nitrogen and oxygen atoms in total. The molecule has 3 aromatic rings. The number of hydrogen-bond donors (Lipinski definition) is 1. The first-order chi connectivity index (χ1) is 13.8. The molecule has 0 saturated carbocycles. The number of aromatic nitrogens is 4. The molecular formula is C18H20N6O3S2. The summed E-state index contributed by atoms with van der Waals surface area (Å²) in [7, 11) is -0.677. The van der Waals surface area contributed by atoms with Crippen molar-refractivity contribution in [2.24, 2.45) is 0 Å². The second-order valence-corrected chi connectivity index (χ2v) is 9.73. The molecule has 29 heavy (non-hydrogen) atoms. The molecule has 0 saturated heterocycles. The summed E-state index contributed by atoms with van der Waals surface area (Å²) in [5.41, 5.74) is 1.18. The predicted molar refractivity (Wildman–Crippen MR) is 110 cm³/mol. The molecule has 1 amide bonds. The number of tetrazole rings is 1. The van der Waals surface area contributed by atoms with Crippen LogP contribution in [0.25, 0.3) is 5.69 Å². The molecule has 0 aliphatic carbocycles. The van der Waals surface area contributed by atoms with Crippen LogP contribution in [0.5, 0.6) is 0 Å². The van der Waals surface area contributed by atoms with E-state index < -0.39 is 15.3 Å². The van der Waals surface area contributed by atoms with Gasteiger partial charge in [-0.15, -0.1) is 5.10 Å². The first-order valence-corrected chi connectivity index (χ1v) is 10.9. The number of nitrogens with one attached hydrogen (secondary N) is 1. The largest absolute Gasteiger partial charge is 0.325 e. The second kappa shape index (κ2) is 8.72. The number of hydrogen-bond acceptors (Lipinski definition) is 7. The van der Waals surface area contributed by atoms with Crippen LogP contribution in [0.1, 0.15) is 6.92 Å². The Morgan fingerprint density at radius 3 is 2.55 bits per heavy atom. The van der Waals surface area contributed by atoms with E-state index in [1.165, 1.54) is 38.0 Å². The highest BCUT2D eigenvalue weighted by Gasteiger charge is 2.21. The molecule has 0 aliphatic rings. The van der Waals surface area contributed by atoms with E-state index in [4.69, 9.17) is 0 Å². The predicted octanol–water partition coefficient (Wildman–Crippen LogP) is 2.03. The average molecular weight is 433 g/mol. The number of carbonyl (C=O) groups excluding carboxylic acids is 1. The van der Waals surface area contributed by atoms with Gasteiger partial charge in [-0.25, -0.2) is 12.7 Å². The van der Waals surface area contributed by atoms with Crippen LogP contribution in [0.15, 0.2) is 64.6 Å². The van der Waals surface area contributed by atoms with E-state index >= 15 is 0 Å². The summed E-state index contributed by atoms with van der Waals surface area (Å²) in [6, 6.07) is 15.5. The second-order valence-electron chi connectivity index (χ2n) is 6.27. The van der Waals surface area contributed by atoms with Gasteiger partial charge in [0, 0.05) is 19.8 Å². The van der Waals surface area contributed by atoms with E-state index in [0.29, 0.717) is 10.8 Å². The van der Waals surface area contributed by atoms with Crippen molar-refractivity contribution in [2.75, 3.05) is 19.4 Å². The number of rotatable bonds is 7. The van der Waals surface area contributed by atoms with Crippen molar-refractivity contribution < 1.29 is 13.2 Å². The number of nitrogens with zero attached hydrogens (tertiary/aromatic N) is 5. The summed E-state index contributed by atoms with van der Waals surface area (Å²) in [6.45, 7) is 1.73. The van der Waals surface area contributed by atoms with Crippen LogP contribution in [-0.2, 0) is 14.8 Å². The monoisotopic (exact) mass is 432 g/mol. The van der Waals surface area contributed by atoms with Gasteiger partial charge in [0.15, 0.2) is 0 Å². The minimum atomic E-state index is -3.59. The zero-order valence-corrected chi connectivity index (χ0v) is 17.7. The molecular weight excluding hydrogens is 412 g/mol. The Morgan fingerprint density at radius 2 is 1.86 bits per heavy atom. The molecule has 11 heteroatoms. The van der Waals surface area contributed by atoms with E-state index in [1.807, 2.05) is 30.3 Å². The summed E-state index contributed by atoms with van der Waals surface area (Å²) in [5.74, 6) is -0.294. The Labute approximate surface area is 173 Å². The third-order valence-electron chi connectivity index (χ3n) is 3.97. The number of anilines is 1. The van der Waals surface area contributed by atoms with Crippen LogP contribution in [0.3, 0.4) is 0 Å².